The van der Waals surface area contributed by atoms with Gasteiger partial charge in [0.1, 0.15) is 0 Å². The molecule has 88 valence electrons. The number of hydrogen-bond donors (Lipinski definition) is 1. The molecular formula is C14H15ClN2. The summed E-state index contributed by atoms with van der Waals surface area (Å²) in [5.74, 6) is 0. The molecule has 0 unspecified atom stereocenters. The first kappa shape index (κ1) is 11.9. The average Bonchev–Trinajstić information content (AvgIpc) is 2.33. The molecule has 0 aliphatic heterocycles. The average molecular weight is 247 g/mol. The van der Waals surface area contributed by atoms with Crippen LogP contribution in [0.5, 0.6) is 0 Å². The van der Waals surface area contributed by atoms with Gasteiger partial charge in [-0.1, -0.05) is 29.8 Å². The summed E-state index contributed by atoms with van der Waals surface area (Å²) in [6.07, 6.45) is 1.69. The molecule has 0 atom stereocenters. The Hall–Kier alpha value is -1.54. The van der Waals surface area contributed by atoms with E-state index < -0.39 is 0 Å². The third kappa shape index (κ3) is 2.77. The van der Waals surface area contributed by atoms with Crippen molar-refractivity contribution in [3.63, 3.8) is 0 Å². The molecule has 17 heavy (non-hydrogen) atoms. The number of halogens is 1. The van der Waals surface area contributed by atoms with Crippen molar-refractivity contribution in [2.24, 2.45) is 0 Å². The van der Waals surface area contributed by atoms with Crippen LogP contribution in [-0.4, -0.2) is 4.98 Å². The molecule has 0 saturated carbocycles. The molecule has 1 N–H and O–H groups in total. The van der Waals surface area contributed by atoms with E-state index in [0.29, 0.717) is 5.15 Å². The van der Waals surface area contributed by atoms with E-state index in [4.69, 9.17) is 11.6 Å². The first-order valence-corrected chi connectivity index (χ1v) is 5.96. The van der Waals surface area contributed by atoms with Crippen molar-refractivity contribution in [3.8, 4) is 0 Å². The highest BCUT2D eigenvalue weighted by Gasteiger charge is 2.02. The molecule has 0 radical (unpaired) electrons. The van der Waals surface area contributed by atoms with Crippen LogP contribution in [0, 0.1) is 13.8 Å². The molecule has 0 aliphatic rings. The lowest BCUT2D eigenvalue weighted by Gasteiger charge is -2.11. The fourth-order valence-corrected chi connectivity index (χ4v) is 1.90. The molecule has 3 heteroatoms. The fourth-order valence-electron chi connectivity index (χ4n) is 1.71. The zero-order valence-corrected chi connectivity index (χ0v) is 10.8. The summed E-state index contributed by atoms with van der Waals surface area (Å²) in [4.78, 5) is 4.03. The standard InChI is InChI=1S/C14H15ClN2/c1-10-5-3-6-12(11(10)2)9-17-13-7-4-8-16-14(13)15/h3-8,17H,9H2,1-2H3. The first-order valence-electron chi connectivity index (χ1n) is 5.58. The van der Waals surface area contributed by atoms with E-state index in [1.807, 2.05) is 12.1 Å². The highest BCUT2D eigenvalue weighted by molar-refractivity contribution is 6.31. The number of aryl methyl sites for hydroxylation is 1. The largest absolute Gasteiger partial charge is 0.378 e. The van der Waals surface area contributed by atoms with Gasteiger partial charge < -0.3 is 5.32 Å². The number of nitrogens with one attached hydrogen (secondary N) is 1. The summed E-state index contributed by atoms with van der Waals surface area (Å²) in [5.41, 5.74) is 4.78. The van der Waals surface area contributed by atoms with Crippen LogP contribution in [0.4, 0.5) is 5.69 Å². The third-order valence-electron chi connectivity index (χ3n) is 2.95. The molecule has 1 aromatic heterocycles. The summed E-state index contributed by atoms with van der Waals surface area (Å²) >= 11 is 5.99. The third-order valence-corrected chi connectivity index (χ3v) is 3.25. The topological polar surface area (TPSA) is 24.9 Å². The molecule has 0 amide bonds. The Balaban J connectivity index is 2.13. The maximum atomic E-state index is 5.99. The van der Waals surface area contributed by atoms with E-state index in [9.17, 15) is 0 Å². The van der Waals surface area contributed by atoms with Gasteiger partial charge in [0.15, 0.2) is 5.15 Å². The summed E-state index contributed by atoms with van der Waals surface area (Å²) in [6, 6.07) is 10.1. The summed E-state index contributed by atoms with van der Waals surface area (Å²) in [5, 5.41) is 3.81. The van der Waals surface area contributed by atoms with Gasteiger partial charge in [-0.2, -0.15) is 0 Å². The maximum absolute atomic E-state index is 5.99. The minimum atomic E-state index is 0.512. The summed E-state index contributed by atoms with van der Waals surface area (Å²) in [7, 11) is 0. The lowest BCUT2D eigenvalue weighted by molar-refractivity contribution is 1.10. The molecule has 0 spiro atoms. The van der Waals surface area contributed by atoms with Gasteiger partial charge in [0.05, 0.1) is 5.69 Å². The molecule has 2 aromatic rings. The Labute approximate surface area is 107 Å². The van der Waals surface area contributed by atoms with Crippen LogP contribution in [-0.2, 0) is 6.54 Å². The Kier molecular flexibility index (Phi) is 3.64. The minimum absolute atomic E-state index is 0.512. The van der Waals surface area contributed by atoms with Gasteiger partial charge in [-0.3, -0.25) is 0 Å². The molecule has 1 heterocycles. The maximum Gasteiger partial charge on any atom is 0.152 e. The second kappa shape index (κ2) is 5.19. The number of nitrogens with zero attached hydrogens (tertiary/aromatic N) is 1. The van der Waals surface area contributed by atoms with Crippen molar-refractivity contribution in [1.29, 1.82) is 0 Å². The molecule has 2 rings (SSSR count). The highest BCUT2D eigenvalue weighted by Crippen LogP contribution is 2.20. The van der Waals surface area contributed by atoms with E-state index in [0.717, 1.165) is 12.2 Å². The Bertz CT molecular complexity index is 523. The number of anilines is 1. The van der Waals surface area contributed by atoms with Crippen molar-refractivity contribution in [2.45, 2.75) is 20.4 Å². The Morgan fingerprint density at radius 3 is 2.76 bits per heavy atom. The zero-order chi connectivity index (χ0) is 12.3. The minimum Gasteiger partial charge on any atom is -0.378 e. The fraction of sp³-hybridized carbons (Fsp3) is 0.214. The normalized spacial score (nSPS) is 10.3. The van der Waals surface area contributed by atoms with Gasteiger partial charge in [-0.05, 0) is 42.7 Å². The Morgan fingerprint density at radius 2 is 2.00 bits per heavy atom. The number of hydrogen-bond acceptors (Lipinski definition) is 2. The predicted molar refractivity (Wildman–Crippen MR) is 72.5 cm³/mol. The second-order valence-corrected chi connectivity index (χ2v) is 4.41. The summed E-state index contributed by atoms with van der Waals surface area (Å²) in [6.45, 7) is 5.02. The van der Waals surface area contributed by atoms with Crippen LogP contribution >= 0.6 is 11.6 Å². The molecular weight excluding hydrogens is 232 g/mol. The molecule has 0 saturated heterocycles. The Morgan fingerprint density at radius 1 is 1.18 bits per heavy atom. The van der Waals surface area contributed by atoms with Gasteiger partial charge >= 0.3 is 0 Å². The van der Waals surface area contributed by atoms with Gasteiger partial charge in [-0.15, -0.1) is 0 Å². The predicted octanol–water partition coefficient (Wildman–Crippen LogP) is 3.96. The van der Waals surface area contributed by atoms with Crippen LogP contribution in [0.3, 0.4) is 0 Å². The first-order chi connectivity index (χ1) is 8.18. The number of benzene rings is 1. The monoisotopic (exact) mass is 246 g/mol. The zero-order valence-electron chi connectivity index (χ0n) is 10.00. The summed E-state index contributed by atoms with van der Waals surface area (Å²) < 4.78 is 0. The van der Waals surface area contributed by atoms with Crippen LogP contribution in [0.1, 0.15) is 16.7 Å². The smallest absolute Gasteiger partial charge is 0.152 e. The molecule has 0 aliphatic carbocycles. The second-order valence-electron chi connectivity index (χ2n) is 4.05. The van der Waals surface area contributed by atoms with E-state index in [-0.39, 0.29) is 0 Å². The van der Waals surface area contributed by atoms with E-state index in [2.05, 4.69) is 42.3 Å². The van der Waals surface area contributed by atoms with E-state index >= 15 is 0 Å². The van der Waals surface area contributed by atoms with Gasteiger partial charge in [0.2, 0.25) is 0 Å². The highest BCUT2D eigenvalue weighted by atomic mass is 35.5. The van der Waals surface area contributed by atoms with Crippen molar-refractivity contribution in [2.75, 3.05) is 5.32 Å². The van der Waals surface area contributed by atoms with Gasteiger partial charge in [0, 0.05) is 12.7 Å². The van der Waals surface area contributed by atoms with E-state index in [1.54, 1.807) is 6.20 Å². The lowest BCUT2D eigenvalue weighted by atomic mass is 10.0. The van der Waals surface area contributed by atoms with Crippen LogP contribution in [0.15, 0.2) is 36.5 Å². The molecule has 0 fully saturated rings. The number of aromatic nitrogens is 1. The van der Waals surface area contributed by atoms with Gasteiger partial charge in [0.25, 0.3) is 0 Å². The van der Waals surface area contributed by atoms with Crippen LogP contribution in [0.25, 0.3) is 0 Å². The quantitative estimate of drug-likeness (QED) is 0.829. The lowest BCUT2D eigenvalue weighted by Crippen LogP contribution is -2.03. The van der Waals surface area contributed by atoms with Crippen LogP contribution in [0.2, 0.25) is 5.15 Å². The molecule has 1 aromatic carbocycles. The van der Waals surface area contributed by atoms with Crippen molar-refractivity contribution < 1.29 is 0 Å². The molecule has 2 nitrogen and oxygen atoms in total. The van der Waals surface area contributed by atoms with E-state index in [1.165, 1.54) is 16.7 Å². The number of pyridine rings is 1. The molecule has 0 bridgehead atoms. The van der Waals surface area contributed by atoms with Crippen molar-refractivity contribution >= 4 is 17.3 Å². The van der Waals surface area contributed by atoms with Crippen LogP contribution < -0.4 is 5.32 Å². The van der Waals surface area contributed by atoms with Gasteiger partial charge in [-0.25, -0.2) is 4.98 Å². The SMILES string of the molecule is Cc1cccc(CNc2cccnc2Cl)c1C. The van der Waals surface area contributed by atoms with Crippen molar-refractivity contribution in [1.82, 2.24) is 4.98 Å². The van der Waals surface area contributed by atoms with Crippen molar-refractivity contribution in [3.05, 3.63) is 58.4 Å². The number of rotatable bonds is 3.